The lowest BCUT2D eigenvalue weighted by Gasteiger charge is -2.39. The third kappa shape index (κ3) is 3.75. The van der Waals surface area contributed by atoms with Crippen molar-refractivity contribution in [2.75, 3.05) is 38.7 Å². The zero-order valence-corrected chi connectivity index (χ0v) is 15.2. The van der Waals surface area contributed by atoms with Gasteiger partial charge < -0.3 is 19.8 Å². The maximum absolute atomic E-state index is 12.3. The third-order valence-corrected chi connectivity index (χ3v) is 5.47. The number of rotatable bonds is 6. The number of aromatic amines is 1. The number of morpholine rings is 1. The van der Waals surface area contributed by atoms with Gasteiger partial charge in [0.05, 0.1) is 42.8 Å². The van der Waals surface area contributed by atoms with Crippen LogP contribution < -0.4 is 5.32 Å². The van der Waals surface area contributed by atoms with Crippen LogP contribution in [0.4, 0.5) is 5.69 Å². The zero-order chi connectivity index (χ0) is 18.0. The molecule has 7 nitrogen and oxygen atoms in total. The lowest BCUT2D eigenvalue weighted by Crippen LogP contribution is -2.42. The second kappa shape index (κ2) is 7.34. The van der Waals surface area contributed by atoms with Gasteiger partial charge in [0.25, 0.3) is 0 Å². The van der Waals surface area contributed by atoms with Crippen molar-refractivity contribution in [3.63, 3.8) is 0 Å². The monoisotopic (exact) mass is 358 g/mol. The molecule has 0 spiro atoms. The summed E-state index contributed by atoms with van der Waals surface area (Å²) in [6.07, 6.45) is 3.46. The van der Waals surface area contributed by atoms with Crippen LogP contribution in [0, 0.1) is 0 Å². The standard InChI is InChI=1S/C19H26N4O3/c1-25-19(5-2-6-19)12-18(24)20-14-3-4-15-16(11-14)22-17(21-15)13-23-7-9-26-10-8-23/h3-4,11H,2,5-10,12-13H2,1H3,(H,20,24)(H,21,22). The number of ether oxygens (including phenoxy) is 2. The molecule has 4 rings (SSSR count). The normalized spacial score (nSPS) is 20.0. The van der Waals surface area contributed by atoms with E-state index in [0.29, 0.717) is 6.42 Å². The van der Waals surface area contributed by atoms with Crippen molar-refractivity contribution >= 4 is 22.6 Å². The number of carbonyl (C=O) groups excluding carboxylic acids is 1. The Kier molecular flexibility index (Phi) is 4.93. The van der Waals surface area contributed by atoms with E-state index in [-0.39, 0.29) is 11.5 Å². The Morgan fingerprint density at radius 3 is 2.88 bits per heavy atom. The summed E-state index contributed by atoms with van der Waals surface area (Å²) < 4.78 is 10.9. The Morgan fingerprint density at radius 2 is 2.19 bits per heavy atom. The van der Waals surface area contributed by atoms with Crippen LogP contribution in [0.2, 0.25) is 0 Å². The summed E-state index contributed by atoms with van der Waals surface area (Å²) >= 11 is 0. The van der Waals surface area contributed by atoms with Crippen LogP contribution in [0.15, 0.2) is 18.2 Å². The molecule has 26 heavy (non-hydrogen) atoms. The number of nitrogens with one attached hydrogen (secondary N) is 2. The molecule has 0 atom stereocenters. The molecule has 0 radical (unpaired) electrons. The van der Waals surface area contributed by atoms with Gasteiger partial charge in [-0.25, -0.2) is 4.98 Å². The molecular weight excluding hydrogens is 332 g/mol. The van der Waals surface area contributed by atoms with Crippen LogP contribution in [-0.2, 0) is 20.8 Å². The molecule has 0 bridgehead atoms. The van der Waals surface area contributed by atoms with Crippen LogP contribution in [-0.4, -0.2) is 59.8 Å². The molecule has 1 saturated heterocycles. The molecule has 1 saturated carbocycles. The fraction of sp³-hybridized carbons (Fsp3) is 0.579. The number of benzene rings is 1. The van der Waals surface area contributed by atoms with Gasteiger partial charge in [0.1, 0.15) is 5.82 Å². The molecule has 2 aliphatic rings. The third-order valence-electron chi connectivity index (χ3n) is 5.47. The Hall–Kier alpha value is -1.96. The number of anilines is 1. The topological polar surface area (TPSA) is 79.5 Å². The van der Waals surface area contributed by atoms with Crippen molar-refractivity contribution in [1.29, 1.82) is 0 Å². The van der Waals surface area contributed by atoms with Gasteiger partial charge >= 0.3 is 0 Å². The van der Waals surface area contributed by atoms with Gasteiger partial charge in [-0.2, -0.15) is 0 Å². The van der Waals surface area contributed by atoms with E-state index in [2.05, 4.69) is 20.2 Å². The molecule has 1 aliphatic carbocycles. The van der Waals surface area contributed by atoms with Gasteiger partial charge in [-0.3, -0.25) is 9.69 Å². The maximum Gasteiger partial charge on any atom is 0.227 e. The Balaban J connectivity index is 1.41. The van der Waals surface area contributed by atoms with E-state index in [1.165, 1.54) is 0 Å². The predicted molar refractivity (Wildman–Crippen MR) is 99.0 cm³/mol. The molecule has 140 valence electrons. The average molecular weight is 358 g/mol. The van der Waals surface area contributed by atoms with Crippen molar-refractivity contribution in [1.82, 2.24) is 14.9 Å². The molecule has 2 heterocycles. The van der Waals surface area contributed by atoms with E-state index in [4.69, 9.17) is 9.47 Å². The SMILES string of the molecule is COC1(CC(=O)Nc2ccc3nc(CN4CCOCC4)[nH]c3c2)CCC1. The highest BCUT2D eigenvalue weighted by Gasteiger charge is 2.38. The minimum atomic E-state index is -0.256. The Labute approximate surface area is 153 Å². The average Bonchev–Trinajstić information content (AvgIpc) is 3.00. The molecule has 2 fully saturated rings. The first kappa shape index (κ1) is 17.5. The number of H-pyrrole nitrogens is 1. The number of aromatic nitrogens is 2. The van der Waals surface area contributed by atoms with Crippen molar-refractivity contribution in [3.8, 4) is 0 Å². The summed E-state index contributed by atoms with van der Waals surface area (Å²) in [4.78, 5) is 22.7. The molecule has 1 aliphatic heterocycles. The molecule has 1 aromatic heterocycles. The van der Waals surface area contributed by atoms with Crippen LogP contribution in [0.1, 0.15) is 31.5 Å². The van der Waals surface area contributed by atoms with Crippen LogP contribution in [0.3, 0.4) is 0 Å². The number of nitrogens with zero attached hydrogens (tertiary/aromatic N) is 2. The zero-order valence-electron chi connectivity index (χ0n) is 15.2. The Morgan fingerprint density at radius 1 is 1.38 bits per heavy atom. The van der Waals surface area contributed by atoms with Gasteiger partial charge in [0.15, 0.2) is 0 Å². The number of imidazole rings is 1. The van der Waals surface area contributed by atoms with E-state index >= 15 is 0 Å². The van der Waals surface area contributed by atoms with Crippen molar-refractivity contribution < 1.29 is 14.3 Å². The summed E-state index contributed by atoms with van der Waals surface area (Å²) in [6, 6.07) is 5.79. The second-order valence-corrected chi connectivity index (χ2v) is 7.27. The number of hydrogen-bond donors (Lipinski definition) is 2. The Bertz CT molecular complexity index is 773. The fourth-order valence-corrected chi connectivity index (χ4v) is 3.71. The number of amides is 1. The largest absolute Gasteiger partial charge is 0.379 e. The van der Waals surface area contributed by atoms with Crippen LogP contribution >= 0.6 is 0 Å². The molecule has 2 aromatic rings. The van der Waals surface area contributed by atoms with Gasteiger partial charge in [0.2, 0.25) is 5.91 Å². The number of fused-ring (bicyclic) bond motifs is 1. The van der Waals surface area contributed by atoms with Gasteiger partial charge in [-0.15, -0.1) is 0 Å². The first-order valence-electron chi connectivity index (χ1n) is 9.30. The van der Waals surface area contributed by atoms with E-state index in [0.717, 1.165) is 74.7 Å². The first-order valence-corrected chi connectivity index (χ1v) is 9.30. The smallest absolute Gasteiger partial charge is 0.227 e. The van der Waals surface area contributed by atoms with Crippen molar-refractivity contribution in [3.05, 3.63) is 24.0 Å². The van der Waals surface area contributed by atoms with E-state index < -0.39 is 0 Å². The minimum absolute atomic E-state index is 0.000967. The molecule has 2 N–H and O–H groups in total. The summed E-state index contributed by atoms with van der Waals surface area (Å²) in [5.41, 5.74) is 2.39. The number of methoxy groups -OCH3 is 1. The van der Waals surface area contributed by atoms with Gasteiger partial charge in [0, 0.05) is 25.9 Å². The molecule has 7 heteroatoms. The second-order valence-electron chi connectivity index (χ2n) is 7.27. The van der Waals surface area contributed by atoms with E-state index in [1.807, 2.05) is 18.2 Å². The molecule has 1 amide bonds. The highest BCUT2D eigenvalue weighted by molar-refractivity contribution is 5.93. The summed E-state index contributed by atoms with van der Waals surface area (Å²) in [6.45, 7) is 4.20. The lowest BCUT2D eigenvalue weighted by atomic mass is 9.77. The van der Waals surface area contributed by atoms with Crippen LogP contribution in [0.5, 0.6) is 0 Å². The van der Waals surface area contributed by atoms with Crippen molar-refractivity contribution in [2.24, 2.45) is 0 Å². The van der Waals surface area contributed by atoms with Crippen LogP contribution in [0.25, 0.3) is 11.0 Å². The summed E-state index contributed by atoms with van der Waals surface area (Å²) in [5, 5.41) is 2.99. The maximum atomic E-state index is 12.3. The van der Waals surface area contributed by atoms with Crippen molar-refractivity contribution in [2.45, 2.75) is 37.8 Å². The summed E-state index contributed by atoms with van der Waals surface area (Å²) in [5.74, 6) is 0.942. The quantitative estimate of drug-likeness (QED) is 0.828. The van der Waals surface area contributed by atoms with Gasteiger partial charge in [-0.05, 0) is 37.5 Å². The minimum Gasteiger partial charge on any atom is -0.379 e. The predicted octanol–water partition coefficient (Wildman–Crippen LogP) is 2.29. The number of carbonyl (C=O) groups is 1. The summed E-state index contributed by atoms with van der Waals surface area (Å²) in [7, 11) is 1.69. The number of hydrogen-bond acceptors (Lipinski definition) is 5. The molecular formula is C19H26N4O3. The fourth-order valence-electron chi connectivity index (χ4n) is 3.71. The highest BCUT2D eigenvalue weighted by Crippen LogP contribution is 2.38. The first-order chi connectivity index (χ1) is 12.7. The van der Waals surface area contributed by atoms with E-state index in [1.54, 1.807) is 7.11 Å². The van der Waals surface area contributed by atoms with Gasteiger partial charge in [-0.1, -0.05) is 0 Å². The lowest BCUT2D eigenvalue weighted by molar-refractivity contribution is -0.129. The molecule has 1 aromatic carbocycles. The molecule has 0 unspecified atom stereocenters. The highest BCUT2D eigenvalue weighted by atomic mass is 16.5. The van der Waals surface area contributed by atoms with E-state index in [9.17, 15) is 4.79 Å².